The van der Waals surface area contributed by atoms with Crippen molar-refractivity contribution in [3.05, 3.63) is 71.0 Å². The van der Waals surface area contributed by atoms with Crippen LogP contribution < -0.4 is 16.8 Å². The molecular weight excluding hydrogens is 333 g/mol. The summed E-state index contributed by atoms with van der Waals surface area (Å²) >= 11 is 0. The van der Waals surface area contributed by atoms with Gasteiger partial charge in [-0.2, -0.15) is 0 Å². The molecule has 0 fully saturated rings. The van der Waals surface area contributed by atoms with Crippen LogP contribution in [0.4, 0.5) is 4.39 Å². The van der Waals surface area contributed by atoms with Crippen LogP contribution in [0, 0.1) is 17.7 Å². The highest BCUT2D eigenvalue weighted by molar-refractivity contribution is 5.97. The molecule has 2 aromatic carbocycles. The van der Waals surface area contributed by atoms with E-state index in [1.807, 2.05) is 0 Å². The lowest BCUT2D eigenvalue weighted by Gasteiger charge is -2.28. The van der Waals surface area contributed by atoms with Gasteiger partial charge in [0.05, 0.1) is 0 Å². The van der Waals surface area contributed by atoms with E-state index in [1.165, 1.54) is 12.1 Å². The van der Waals surface area contributed by atoms with Crippen LogP contribution in [0.5, 0.6) is 0 Å². The maximum Gasteiger partial charge on any atom is 0.251 e. The van der Waals surface area contributed by atoms with Gasteiger partial charge in [0.2, 0.25) is 5.91 Å². The molecule has 2 rings (SSSR count). The molecule has 0 aliphatic rings. The van der Waals surface area contributed by atoms with Crippen molar-refractivity contribution in [3.63, 3.8) is 0 Å². The number of rotatable bonds is 4. The van der Waals surface area contributed by atoms with Crippen molar-refractivity contribution in [1.29, 1.82) is 0 Å². The molecule has 0 saturated heterocycles. The standard InChI is InChI=1S/C20H20FN3O2/c1-20(2,23)17(18(22)25)24-19(26)15-9-5-13(6-10-15)3-4-14-7-11-16(21)12-8-14/h5-12,17H,23H2,1-2H3,(H2,22,25)(H,24,26). The van der Waals surface area contributed by atoms with Gasteiger partial charge < -0.3 is 16.8 Å². The predicted molar refractivity (Wildman–Crippen MR) is 97.5 cm³/mol. The van der Waals surface area contributed by atoms with Crippen molar-refractivity contribution >= 4 is 11.8 Å². The first-order chi connectivity index (χ1) is 12.2. The molecule has 134 valence electrons. The van der Waals surface area contributed by atoms with Crippen LogP contribution >= 0.6 is 0 Å². The third-order valence-corrected chi connectivity index (χ3v) is 3.65. The second-order valence-corrected chi connectivity index (χ2v) is 6.46. The van der Waals surface area contributed by atoms with Crippen molar-refractivity contribution in [2.45, 2.75) is 25.4 Å². The third-order valence-electron chi connectivity index (χ3n) is 3.65. The molecule has 1 atom stereocenters. The largest absolute Gasteiger partial charge is 0.368 e. The van der Waals surface area contributed by atoms with Crippen molar-refractivity contribution in [3.8, 4) is 11.8 Å². The fraction of sp³-hybridized carbons (Fsp3) is 0.200. The van der Waals surface area contributed by atoms with Crippen molar-refractivity contribution < 1.29 is 14.0 Å². The van der Waals surface area contributed by atoms with E-state index in [-0.39, 0.29) is 5.82 Å². The fourth-order valence-electron chi connectivity index (χ4n) is 2.22. The number of carbonyl (C=O) groups excluding carboxylic acids is 2. The van der Waals surface area contributed by atoms with Crippen molar-refractivity contribution in [2.75, 3.05) is 0 Å². The molecular formula is C20H20FN3O2. The summed E-state index contributed by atoms with van der Waals surface area (Å²) in [7, 11) is 0. The van der Waals surface area contributed by atoms with Gasteiger partial charge in [0, 0.05) is 22.2 Å². The van der Waals surface area contributed by atoms with E-state index in [1.54, 1.807) is 50.2 Å². The molecule has 0 radical (unpaired) electrons. The van der Waals surface area contributed by atoms with Crippen LogP contribution in [0.25, 0.3) is 0 Å². The normalized spacial score (nSPS) is 11.8. The van der Waals surface area contributed by atoms with Gasteiger partial charge in [0.25, 0.3) is 5.91 Å². The van der Waals surface area contributed by atoms with Gasteiger partial charge in [-0.15, -0.1) is 0 Å². The zero-order valence-electron chi connectivity index (χ0n) is 14.5. The molecule has 2 amide bonds. The Balaban J connectivity index is 2.10. The first-order valence-corrected chi connectivity index (χ1v) is 7.93. The number of nitrogens with one attached hydrogen (secondary N) is 1. The van der Waals surface area contributed by atoms with Crippen LogP contribution in [0.3, 0.4) is 0 Å². The second-order valence-electron chi connectivity index (χ2n) is 6.46. The number of primary amides is 1. The molecule has 0 heterocycles. The fourth-order valence-corrected chi connectivity index (χ4v) is 2.22. The molecule has 0 aliphatic heterocycles. The molecule has 0 saturated carbocycles. The zero-order valence-corrected chi connectivity index (χ0v) is 14.5. The van der Waals surface area contributed by atoms with Gasteiger partial charge in [0.1, 0.15) is 11.9 Å². The van der Waals surface area contributed by atoms with E-state index >= 15 is 0 Å². The van der Waals surface area contributed by atoms with Crippen LogP contribution in [0.15, 0.2) is 48.5 Å². The average molecular weight is 353 g/mol. The Bertz CT molecular complexity index is 857. The maximum atomic E-state index is 12.9. The number of benzene rings is 2. The number of amides is 2. The lowest BCUT2D eigenvalue weighted by Crippen LogP contribution is -2.60. The van der Waals surface area contributed by atoms with E-state index in [0.717, 1.165) is 0 Å². The quantitative estimate of drug-likeness (QED) is 0.727. The Kier molecular flexibility index (Phi) is 5.75. The van der Waals surface area contributed by atoms with Crippen LogP contribution in [-0.4, -0.2) is 23.4 Å². The van der Waals surface area contributed by atoms with Gasteiger partial charge in [-0.05, 0) is 62.4 Å². The average Bonchev–Trinajstić information content (AvgIpc) is 2.58. The minimum atomic E-state index is -0.993. The van der Waals surface area contributed by atoms with E-state index in [0.29, 0.717) is 16.7 Å². The minimum absolute atomic E-state index is 0.319. The van der Waals surface area contributed by atoms with Crippen LogP contribution in [0.1, 0.15) is 35.3 Å². The molecule has 5 nitrogen and oxygen atoms in total. The van der Waals surface area contributed by atoms with Gasteiger partial charge in [-0.1, -0.05) is 11.8 Å². The number of halogens is 1. The van der Waals surface area contributed by atoms with Crippen molar-refractivity contribution in [2.24, 2.45) is 11.5 Å². The molecule has 0 aromatic heterocycles. The second kappa shape index (κ2) is 7.81. The highest BCUT2D eigenvalue weighted by Crippen LogP contribution is 2.09. The SMILES string of the molecule is CC(C)(N)C(NC(=O)c1ccc(C#Cc2ccc(F)cc2)cc1)C(N)=O. The molecule has 0 aliphatic carbocycles. The number of hydrogen-bond donors (Lipinski definition) is 3. The molecule has 1 unspecified atom stereocenters. The summed E-state index contributed by atoms with van der Waals surface area (Å²) in [5.41, 5.74) is 11.9. The van der Waals surface area contributed by atoms with Gasteiger partial charge >= 0.3 is 0 Å². The highest BCUT2D eigenvalue weighted by atomic mass is 19.1. The topological polar surface area (TPSA) is 98.2 Å². The molecule has 2 aromatic rings. The predicted octanol–water partition coefficient (Wildman–Crippen LogP) is 1.55. The Hall–Kier alpha value is -3.17. The monoisotopic (exact) mass is 353 g/mol. The Morgan fingerprint density at radius 1 is 1.00 bits per heavy atom. The summed E-state index contributed by atoms with van der Waals surface area (Å²) in [6.07, 6.45) is 0. The molecule has 5 N–H and O–H groups in total. The van der Waals surface area contributed by atoms with E-state index < -0.39 is 23.4 Å². The summed E-state index contributed by atoms with van der Waals surface area (Å²) in [6.45, 7) is 3.22. The van der Waals surface area contributed by atoms with Crippen LogP contribution in [0.2, 0.25) is 0 Å². The zero-order chi connectivity index (χ0) is 19.3. The van der Waals surface area contributed by atoms with Gasteiger partial charge in [-0.25, -0.2) is 4.39 Å². The van der Waals surface area contributed by atoms with Crippen LogP contribution in [-0.2, 0) is 4.79 Å². The Morgan fingerprint density at radius 2 is 1.46 bits per heavy atom. The summed E-state index contributed by atoms with van der Waals surface area (Å²) in [4.78, 5) is 23.8. The maximum absolute atomic E-state index is 12.9. The first kappa shape index (κ1) is 19.2. The lowest BCUT2D eigenvalue weighted by atomic mass is 9.95. The lowest BCUT2D eigenvalue weighted by molar-refractivity contribution is -0.121. The molecule has 0 spiro atoms. The summed E-state index contributed by atoms with van der Waals surface area (Å²) < 4.78 is 12.9. The molecule has 0 bridgehead atoms. The number of carbonyl (C=O) groups is 2. The summed E-state index contributed by atoms with van der Waals surface area (Å²) in [5, 5.41) is 2.55. The third kappa shape index (κ3) is 5.16. The number of hydrogen-bond acceptors (Lipinski definition) is 3. The Morgan fingerprint density at radius 3 is 1.88 bits per heavy atom. The van der Waals surface area contributed by atoms with E-state index in [9.17, 15) is 14.0 Å². The molecule has 26 heavy (non-hydrogen) atoms. The number of nitrogens with two attached hydrogens (primary N) is 2. The van der Waals surface area contributed by atoms with E-state index in [4.69, 9.17) is 11.5 Å². The smallest absolute Gasteiger partial charge is 0.251 e. The van der Waals surface area contributed by atoms with Gasteiger partial charge in [0.15, 0.2) is 0 Å². The van der Waals surface area contributed by atoms with E-state index in [2.05, 4.69) is 17.2 Å². The molecule has 6 heteroatoms. The van der Waals surface area contributed by atoms with Gasteiger partial charge in [-0.3, -0.25) is 9.59 Å². The highest BCUT2D eigenvalue weighted by Gasteiger charge is 2.31. The summed E-state index contributed by atoms with van der Waals surface area (Å²) in [6, 6.07) is 11.4. The minimum Gasteiger partial charge on any atom is -0.368 e. The Labute approximate surface area is 151 Å². The van der Waals surface area contributed by atoms with Crippen molar-refractivity contribution in [1.82, 2.24) is 5.32 Å². The summed E-state index contributed by atoms with van der Waals surface area (Å²) in [5.74, 6) is 4.37. The first-order valence-electron chi connectivity index (χ1n) is 7.93.